The molecule has 1 amide bonds. The molecule has 0 unspecified atom stereocenters. The zero-order valence-electron chi connectivity index (χ0n) is 10.9. The van der Waals surface area contributed by atoms with E-state index in [1.54, 1.807) is 12.3 Å². The summed E-state index contributed by atoms with van der Waals surface area (Å²) in [5.74, 6) is -0.171. The highest BCUT2D eigenvalue weighted by atomic mass is 35.5. The third-order valence-corrected chi connectivity index (χ3v) is 3.83. The monoisotopic (exact) mass is 290 g/mol. The van der Waals surface area contributed by atoms with E-state index in [1.165, 1.54) is 0 Å². The zero-order chi connectivity index (χ0) is 13.9. The Morgan fingerprint density at radius 3 is 2.90 bits per heavy atom. The number of nitrogens with zero attached hydrogens (tertiary/aromatic N) is 1. The van der Waals surface area contributed by atoms with Gasteiger partial charge in [0.15, 0.2) is 0 Å². The Balaban J connectivity index is 1.91. The second-order valence-electron chi connectivity index (χ2n) is 4.86. The molecular weight excluding hydrogens is 276 g/mol. The lowest BCUT2D eigenvalue weighted by Gasteiger charge is -2.23. The van der Waals surface area contributed by atoms with Crippen molar-refractivity contribution in [1.29, 1.82) is 0 Å². The molecule has 1 aromatic carbocycles. The topological polar surface area (TPSA) is 51.2 Å². The molecule has 1 fully saturated rings. The smallest absolute Gasteiger partial charge is 0.270 e. The Labute approximate surface area is 122 Å². The van der Waals surface area contributed by atoms with Crippen LogP contribution in [-0.4, -0.2) is 30.1 Å². The summed E-state index contributed by atoms with van der Waals surface area (Å²) < 4.78 is 5.29. The highest BCUT2D eigenvalue weighted by molar-refractivity contribution is 6.36. The number of benzene rings is 1. The number of hydrogen-bond donors (Lipinski definition) is 1. The van der Waals surface area contributed by atoms with Crippen LogP contribution in [0.5, 0.6) is 0 Å². The van der Waals surface area contributed by atoms with Crippen LogP contribution in [0.15, 0.2) is 30.5 Å². The van der Waals surface area contributed by atoms with Gasteiger partial charge in [-0.15, -0.1) is 0 Å². The molecule has 3 rings (SSSR count). The predicted molar refractivity (Wildman–Crippen MR) is 78.1 cm³/mol. The van der Waals surface area contributed by atoms with Gasteiger partial charge in [-0.1, -0.05) is 23.7 Å². The number of fused-ring (bicyclic) bond motifs is 1. The van der Waals surface area contributed by atoms with Gasteiger partial charge in [0.2, 0.25) is 0 Å². The first-order valence-electron chi connectivity index (χ1n) is 6.67. The van der Waals surface area contributed by atoms with Crippen molar-refractivity contribution in [2.45, 2.75) is 18.9 Å². The van der Waals surface area contributed by atoms with Gasteiger partial charge >= 0.3 is 0 Å². The standard InChI is InChI=1S/C15H15ClN2O2/c16-12-3-1-2-10-4-7-17-14(13(10)12)15(19)18-11-5-8-20-9-6-11/h1-4,7,11H,5-6,8-9H2,(H,18,19). The van der Waals surface area contributed by atoms with Crippen molar-refractivity contribution in [3.63, 3.8) is 0 Å². The van der Waals surface area contributed by atoms with Gasteiger partial charge in [0.25, 0.3) is 5.91 Å². The molecule has 20 heavy (non-hydrogen) atoms. The average molecular weight is 291 g/mol. The number of carbonyl (C=O) groups excluding carboxylic acids is 1. The first-order chi connectivity index (χ1) is 9.75. The molecule has 1 aliphatic heterocycles. The van der Waals surface area contributed by atoms with Crippen LogP contribution in [0.3, 0.4) is 0 Å². The Morgan fingerprint density at radius 1 is 1.30 bits per heavy atom. The fraction of sp³-hybridized carbons (Fsp3) is 0.333. The summed E-state index contributed by atoms with van der Waals surface area (Å²) in [6.45, 7) is 1.38. The van der Waals surface area contributed by atoms with E-state index in [0.29, 0.717) is 29.3 Å². The third-order valence-electron chi connectivity index (χ3n) is 3.51. The van der Waals surface area contributed by atoms with E-state index in [2.05, 4.69) is 10.3 Å². The SMILES string of the molecule is O=C(NC1CCOCC1)c1nccc2cccc(Cl)c12. The van der Waals surface area contributed by atoms with Crippen molar-refractivity contribution in [2.75, 3.05) is 13.2 Å². The number of amides is 1. The van der Waals surface area contributed by atoms with Gasteiger partial charge in [0.1, 0.15) is 5.69 Å². The van der Waals surface area contributed by atoms with Gasteiger partial charge in [-0.05, 0) is 30.4 Å². The summed E-state index contributed by atoms with van der Waals surface area (Å²) in [6, 6.07) is 7.57. The maximum Gasteiger partial charge on any atom is 0.270 e. The number of hydrogen-bond acceptors (Lipinski definition) is 3. The minimum atomic E-state index is -0.171. The zero-order valence-corrected chi connectivity index (χ0v) is 11.7. The largest absolute Gasteiger partial charge is 0.381 e. The molecule has 2 heterocycles. The van der Waals surface area contributed by atoms with Gasteiger partial charge in [-0.25, -0.2) is 0 Å². The lowest BCUT2D eigenvalue weighted by atomic mass is 10.1. The Kier molecular flexibility index (Phi) is 3.85. The van der Waals surface area contributed by atoms with Gasteiger partial charge in [-0.3, -0.25) is 9.78 Å². The minimum absolute atomic E-state index is 0.149. The summed E-state index contributed by atoms with van der Waals surface area (Å²) >= 11 is 6.21. The minimum Gasteiger partial charge on any atom is -0.381 e. The van der Waals surface area contributed by atoms with Crippen LogP contribution in [-0.2, 0) is 4.74 Å². The highest BCUT2D eigenvalue weighted by Crippen LogP contribution is 2.25. The molecule has 0 aliphatic carbocycles. The van der Waals surface area contributed by atoms with E-state index in [9.17, 15) is 4.79 Å². The molecule has 1 aromatic heterocycles. The average Bonchev–Trinajstić information content (AvgIpc) is 2.48. The summed E-state index contributed by atoms with van der Waals surface area (Å²) in [5.41, 5.74) is 0.389. The van der Waals surface area contributed by atoms with Gasteiger partial charge in [0, 0.05) is 30.8 Å². The van der Waals surface area contributed by atoms with Crippen LogP contribution in [0.4, 0.5) is 0 Å². The molecule has 0 spiro atoms. The van der Waals surface area contributed by atoms with Crippen LogP contribution in [0.1, 0.15) is 23.3 Å². The number of aromatic nitrogens is 1. The van der Waals surface area contributed by atoms with Crippen molar-refractivity contribution in [3.05, 3.63) is 41.2 Å². The number of carbonyl (C=O) groups is 1. The number of ether oxygens (including phenoxy) is 1. The number of nitrogens with one attached hydrogen (secondary N) is 1. The van der Waals surface area contributed by atoms with E-state index in [0.717, 1.165) is 18.2 Å². The summed E-state index contributed by atoms with van der Waals surface area (Å²) in [4.78, 5) is 16.6. The van der Waals surface area contributed by atoms with E-state index in [-0.39, 0.29) is 11.9 Å². The van der Waals surface area contributed by atoms with E-state index < -0.39 is 0 Å². The predicted octanol–water partition coefficient (Wildman–Crippen LogP) is 2.80. The highest BCUT2D eigenvalue weighted by Gasteiger charge is 2.20. The lowest BCUT2D eigenvalue weighted by molar-refractivity contribution is 0.0695. The molecule has 1 saturated heterocycles. The van der Waals surface area contributed by atoms with E-state index >= 15 is 0 Å². The maximum atomic E-state index is 12.4. The van der Waals surface area contributed by atoms with Crippen LogP contribution in [0, 0.1) is 0 Å². The van der Waals surface area contributed by atoms with Crippen molar-refractivity contribution >= 4 is 28.3 Å². The van der Waals surface area contributed by atoms with Gasteiger partial charge in [0.05, 0.1) is 5.02 Å². The Bertz CT molecular complexity index is 634. The Morgan fingerprint density at radius 2 is 2.10 bits per heavy atom. The molecule has 5 heteroatoms. The van der Waals surface area contributed by atoms with Crippen molar-refractivity contribution in [1.82, 2.24) is 10.3 Å². The van der Waals surface area contributed by atoms with E-state index in [4.69, 9.17) is 16.3 Å². The molecular formula is C15H15ClN2O2. The Hall–Kier alpha value is -1.65. The summed E-state index contributed by atoms with van der Waals surface area (Å²) in [6.07, 6.45) is 3.31. The number of rotatable bonds is 2. The molecule has 104 valence electrons. The fourth-order valence-corrected chi connectivity index (χ4v) is 2.73. The molecule has 0 saturated carbocycles. The molecule has 1 aliphatic rings. The van der Waals surface area contributed by atoms with Gasteiger partial charge < -0.3 is 10.1 Å². The van der Waals surface area contributed by atoms with Crippen LogP contribution in [0.2, 0.25) is 5.02 Å². The quantitative estimate of drug-likeness (QED) is 0.925. The molecule has 0 radical (unpaired) electrons. The van der Waals surface area contributed by atoms with Crippen molar-refractivity contribution in [3.8, 4) is 0 Å². The van der Waals surface area contributed by atoms with Crippen molar-refractivity contribution in [2.24, 2.45) is 0 Å². The number of pyridine rings is 1. The number of halogens is 1. The molecule has 0 bridgehead atoms. The molecule has 1 N–H and O–H groups in total. The third kappa shape index (κ3) is 2.62. The van der Waals surface area contributed by atoms with E-state index in [1.807, 2.05) is 18.2 Å². The van der Waals surface area contributed by atoms with Crippen LogP contribution in [0.25, 0.3) is 10.8 Å². The lowest BCUT2D eigenvalue weighted by Crippen LogP contribution is -2.39. The molecule has 2 aromatic rings. The van der Waals surface area contributed by atoms with Crippen LogP contribution < -0.4 is 5.32 Å². The summed E-state index contributed by atoms with van der Waals surface area (Å²) in [5, 5.41) is 5.19. The first kappa shape index (κ1) is 13.3. The fourth-order valence-electron chi connectivity index (χ4n) is 2.45. The summed E-state index contributed by atoms with van der Waals surface area (Å²) in [7, 11) is 0. The first-order valence-corrected chi connectivity index (χ1v) is 7.05. The second kappa shape index (κ2) is 5.77. The molecule has 4 nitrogen and oxygen atoms in total. The normalized spacial score (nSPS) is 16.2. The van der Waals surface area contributed by atoms with Gasteiger partial charge in [-0.2, -0.15) is 0 Å². The second-order valence-corrected chi connectivity index (χ2v) is 5.26. The molecule has 0 atom stereocenters. The van der Waals surface area contributed by atoms with Crippen molar-refractivity contribution < 1.29 is 9.53 Å². The van der Waals surface area contributed by atoms with Crippen LogP contribution >= 0.6 is 11.6 Å². The maximum absolute atomic E-state index is 12.4.